The lowest BCUT2D eigenvalue weighted by Crippen LogP contribution is -1.99. The largest absolute Gasteiger partial charge is 0.382 e. The van der Waals surface area contributed by atoms with Gasteiger partial charge in [-0.15, -0.1) is 0 Å². The summed E-state index contributed by atoms with van der Waals surface area (Å²) in [6.45, 7) is 20.9. The molecule has 0 rings (SSSR count). The molecule has 0 spiro atoms. The first kappa shape index (κ1) is 26.8. The molecule has 0 aliphatic heterocycles. The molecule has 0 fully saturated rings. The van der Waals surface area contributed by atoms with Gasteiger partial charge in [0, 0.05) is 20.3 Å². The zero-order chi connectivity index (χ0) is 19.6. The number of hydrogen-bond donors (Lipinski definition) is 0. The molecule has 22 heavy (non-hydrogen) atoms. The third kappa shape index (κ3) is 114. The second-order valence-electron chi connectivity index (χ2n) is 5.89. The SMILES string of the molecule is C.CC(C)C.CCOC(C)C.COC(C)C.[2H]C([2H])(C)OC(C)C. The van der Waals surface area contributed by atoms with E-state index in [-0.39, 0.29) is 13.5 Å². The van der Waals surface area contributed by atoms with Crippen molar-refractivity contribution < 1.29 is 17.0 Å². The first-order chi connectivity index (χ1) is 10.2. The fourth-order valence-corrected chi connectivity index (χ4v) is 0.569. The molecular formula is C19H48O3. The maximum absolute atomic E-state index is 6.91. The highest BCUT2D eigenvalue weighted by molar-refractivity contribution is 4.31. The van der Waals surface area contributed by atoms with E-state index in [1.54, 1.807) is 21.0 Å². The summed E-state index contributed by atoms with van der Waals surface area (Å²) in [5, 5.41) is 0. The van der Waals surface area contributed by atoms with E-state index in [0.717, 1.165) is 12.5 Å². The molecule has 0 aromatic heterocycles. The van der Waals surface area contributed by atoms with Crippen LogP contribution >= 0.6 is 0 Å². The van der Waals surface area contributed by atoms with Crippen molar-refractivity contribution >= 4 is 0 Å². The number of ether oxygens (including phenoxy) is 3. The molecule has 0 radical (unpaired) electrons. The predicted molar refractivity (Wildman–Crippen MR) is 103 cm³/mol. The lowest BCUT2D eigenvalue weighted by Gasteiger charge is -2.00. The van der Waals surface area contributed by atoms with Crippen molar-refractivity contribution in [2.45, 2.75) is 102 Å². The van der Waals surface area contributed by atoms with E-state index in [0.29, 0.717) is 12.2 Å². The van der Waals surface area contributed by atoms with Gasteiger partial charge in [-0.3, -0.25) is 0 Å². The Balaban J connectivity index is -0.0000000681. The van der Waals surface area contributed by atoms with Gasteiger partial charge in [0.25, 0.3) is 0 Å². The van der Waals surface area contributed by atoms with Crippen LogP contribution in [0.25, 0.3) is 0 Å². The van der Waals surface area contributed by atoms with E-state index in [9.17, 15) is 0 Å². The van der Waals surface area contributed by atoms with Crippen LogP contribution in [0.3, 0.4) is 0 Å². The third-order valence-electron chi connectivity index (χ3n) is 1.32. The monoisotopic (exact) mass is 326 g/mol. The quantitative estimate of drug-likeness (QED) is 0.601. The molecule has 0 aliphatic carbocycles. The Morgan fingerprint density at radius 1 is 0.727 bits per heavy atom. The molecule has 0 unspecified atom stereocenters. The Bertz CT molecular complexity index is 199. The summed E-state index contributed by atoms with van der Waals surface area (Å²) in [4.78, 5) is 0. The second kappa shape index (κ2) is 29.0. The fourth-order valence-electron chi connectivity index (χ4n) is 0.569. The molecule has 0 saturated heterocycles. The Labute approximate surface area is 145 Å². The van der Waals surface area contributed by atoms with Crippen molar-refractivity contribution in [3.05, 3.63) is 0 Å². The molecule has 0 aromatic carbocycles. The molecule has 142 valence electrons. The van der Waals surface area contributed by atoms with Crippen LogP contribution in [0.2, 0.25) is 0 Å². The second-order valence-corrected chi connectivity index (χ2v) is 5.89. The first-order valence-corrected chi connectivity index (χ1v) is 8.01. The van der Waals surface area contributed by atoms with Crippen LogP contribution < -0.4 is 0 Å². The van der Waals surface area contributed by atoms with Gasteiger partial charge in [0.15, 0.2) is 0 Å². The minimum atomic E-state index is -1.48. The highest BCUT2D eigenvalue weighted by Crippen LogP contribution is 1.83. The van der Waals surface area contributed by atoms with Gasteiger partial charge >= 0.3 is 0 Å². The summed E-state index contributed by atoms with van der Waals surface area (Å²) in [6.07, 6.45) is 0.750. The van der Waals surface area contributed by atoms with Crippen molar-refractivity contribution in [1.82, 2.24) is 0 Å². The molecule has 0 heterocycles. The first-order valence-electron chi connectivity index (χ1n) is 9.01. The van der Waals surface area contributed by atoms with Crippen LogP contribution in [0, 0.1) is 5.92 Å². The number of hydrogen-bond acceptors (Lipinski definition) is 3. The van der Waals surface area contributed by atoms with Gasteiger partial charge in [-0.25, -0.2) is 0 Å². The molecule has 0 saturated carbocycles. The molecule has 0 amide bonds. The molecule has 0 aliphatic rings. The Morgan fingerprint density at radius 2 is 1.00 bits per heavy atom. The summed E-state index contributed by atoms with van der Waals surface area (Å²) in [6, 6.07) is 0. The van der Waals surface area contributed by atoms with Gasteiger partial charge in [0.2, 0.25) is 0 Å². The van der Waals surface area contributed by atoms with Gasteiger partial charge in [-0.05, 0) is 61.3 Å². The van der Waals surface area contributed by atoms with Crippen molar-refractivity contribution in [3.63, 3.8) is 0 Å². The van der Waals surface area contributed by atoms with Crippen molar-refractivity contribution in [2.24, 2.45) is 5.92 Å². The highest BCUT2D eigenvalue weighted by atomic mass is 16.5. The van der Waals surface area contributed by atoms with Crippen molar-refractivity contribution in [1.29, 1.82) is 0 Å². The van der Waals surface area contributed by atoms with E-state index in [1.165, 1.54) is 6.92 Å². The molecule has 3 nitrogen and oxygen atoms in total. The molecule has 0 N–H and O–H groups in total. The smallest absolute Gasteiger partial charge is 0.0564 e. The van der Waals surface area contributed by atoms with Crippen LogP contribution in [0.4, 0.5) is 0 Å². The maximum Gasteiger partial charge on any atom is 0.0564 e. The summed E-state index contributed by atoms with van der Waals surface area (Å²) in [7, 11) is 1.70. The summed E-state index contributed by atoms with van der Waals surface area (Å²) in [5.74, 6) is 0.833. The van der Waals surface area contributed by atoms with Gasteiger partial charge in [0.05, 0.1) is 21.1 Å². The van der Waals surface area contributed by atoms with Crippen LogP contribution in [0.15, 0.2) is 0 Å². The fraction of sp³-hybridized carbons (Fsp3) is 1.00. The van der Waals surface area contributed by atoms with E-state index in [1.807, 2.05) is 34.6 Å². The van der Waals surface area contributed by atoms with Crippen molar-refractivity contribution in [3.8, 4) is 0 Å². The minimum absolute atomic E-state index is 0. The number of methoxy groups -OCH3 is 1. The predicted octanol–water partition coefficient (Wildman–Crippen LogP) is 6.20. The Hall–Kier alpha value is -0.120. The lowest BCUT2D eigenvalue weighted by atomic mass is 10.3. The van der Waals surface area contributed by atoms with Crippen molar-refractivity contribution in [2.75, 3.05) is 20.3 Å². The van der Waals surface area contributed by atoms with Gasteiger partial charge in [-0.2, -0.15) is 0 Å². The van der Waals surface area contributed by atoms with Gasteiger partial charge < -0.3 is 14.2 Å². The van der Waals surface area contributed by atoms with Crippen LogP contribution in [0.1, 0.15) is 86.3 Å². The van der Waals surface area contributed by atoms with Gasteiger partial charge in [-0.1, -0.05) is 28.2 Å². The standard InChI is InChI=1S/2C5H12O.C4H10O.C4H10.CH4/c2*1-4-6-5(2)3;1-4(2)5-3;1-4(2)3;/h2*5H,4H2,1-3H3;4H,1-3H3;4H,1-3H3;1H4/i4D2;;;;. The average molecular weight is 327 g/mol. The maximum atomic E-state index is 6.91. The molecule has 3 heteroatoms. The summed E-state index contributed by atoms with van der Waals surface area (Å²) >= 11 is 0. The van der Waals surface area contributed by atoms with E-state index >= 15 is 0 Å². The Morgan fingerprint density at radius 3 is 1.00 bits per heavy atom. The topological polar surface area (TPSA) is 27.7 Å². The van der Waals surface area contributed by atoms with Crippen LogP contribution in [-0.4, -0.2) is 38.6 Å². The Kier molecular flexibility index (Phi) is 35.2. The summed E-state index contributed by atoms with van der Waals surface area (Å²) < 4.78 is 28.4. The minimum Gasteiger partial charge on any atom is -0.382 e. The lowest BCUT2D eigenvalue weighted by molar-refractivity contribution is 0.0897. The normalized spacial score (nSPS) is 11.3. The molecule has 0 bridgehead atoms. The van der Waals surface area contributed by atoms with E-state index < -0.39 is 6.56 Å². The van der Waals surface area contributed by atoms with E-state index in [4.69, 9.17) is 17.0 Å². The molecule has 0 atom stereocenters. The third-order valence-corrected chi connectivity index (χ3v) is 1.32. The van der Waals surface area contributed by atoms with Crippen LogP contribution in [0.5, 0.6) is 0 Å². The zero-order valence-corrected chi connectivity index (χ0v) is 16.7. The number of rotatable bonds is 5. The molecular weight excluding hydrogens is 276 g/mol. The summed E-state index contributed by atoms with van der Waals surface area (Å²) in [5.41, 5.74) is 0. The molecule has 0 aromatic rings. The van der Waals surface area contributed by atoms with Crippen LogP contribution in [-0.2, 0) is 14.2 Å². The highest BCUT2D eigenvalue weighted by Gasteiger charge is 1.84. The van der Waals surface area contributed by atoms with Gasteiger partial charge in [0.1, 0.15) is 0 Å². The van der Waals surface area contributed by atoms with E-state index in [2.05, 4.69) is 20.8 Å². The average Bonchev–Trinajstić information content (AvgIpc) is 2.25. The zero-order valence-electron chi connectivity index (χ0n) is 18.7.